The maximum atomic E-state index is 11.5. The van der Waals surface area contributed by atoms with Crippen LogP contribution in [0.1, 0.15) is 52.0 Å². The Hall–Kier alpha value is -1.61. The maximum absolute atomic E-state index is 11.5. The van der Waals surface area contributed by atoms with Gasteiger partial charge in [0, 0.05) is 6.08 Å². The Labute approximate surface area is 121 Å². The predicted molar refractivity (Wildman–Crippen MR) is 79.9 cm³/mol. The van der Waals surface area contributed by atoms with E-state index in [-0.39, 0.29) is 0 Å². The van der Waals surface area contributed by atoms with Crippen LogP contribution in [-0.2, 0) is 20.2 Å². The molecule has 110 valence electrons. The fourth-order valence-electron chi connectivity index (χ4n) is 1.75. The number of allylic oxidation sites excluding steroid dienone is 1. The monoisotopic (exact) mass is 276 g/mol. The molecule has 0 aliphatic carbocycles. The standard InChI is InChI=1S/C17H24O3/c1-4-5-6-7-11-14-16(18)19-20-17(2,3)15-12-9-8-10-13-15/h8-14H,4-7H2,1-3H3. The van der Waals surface area contributed by atoms with Crippen molar-refractivity contribution in [3.63, 3.8) is 0 Å². The average molecular weight is 276 g/mol. The van der Waals surface area contributed by atoms with Crippen LogP contribution >= 0.6 is 0 Å². The molecule has 0 spiro atoms. The van der Waals surface area contributed by atoms with E-state index in [1.54, 1.807) is 0 Å². The third-order valence-electron chi connectivity index (χ3n) is 3.03. The third-order valence-corrected chi connectivity index (χ3v) is 3.03. The van der Waals surface area contributed by atoms with Gasteiger partial charge in [-0.3, -0.25) is 4.89 Å². The molecule has 1 aromatic rings. The first-order chi connectivity index (χ1) is 9.56. The molecule has 3 heteroatoms. The minimum atomic E-state index is -0.660. The molecule has 0 aliphatic rings. The number of unbranched alkanes of at least 4 members (excludes halogenated alkanes) is 3. The van der Waals surface area contributed by atoms with Crippen LogP contribution in [-0.4, -0.2) is 5.97 Å². The summed E-state index contributed by atoms with van der Waals surface area (Å²) in [5, 5.41) is 0. The van der Waals surface area contributed by atoms with Crippen molar-refractivity contribution >= 4 is 5.97 Å². The largest absolute Gasteiger partial charge is 0.365 e. The van der Waals surface area contributed by atoms with Gasteiger partial charge in [-0.05, 0) is 32.3 Å². The lowest BCUT2D eigenvalue weighted by molar-refractivity contribution is -0.326. The molecule has 20 heavy (non-hydrogen) atoms. The van der Waals surface area contributed by atoms with Crippen molar-refractivity contribution in [1.29, 1.82) is 0 Å². The molecular weight excluding hydrogens is 252 g/mol. The highest BCUT2D eigenvalue weighted by molar-refractivity contribution is 5.81. The van der Waals surface area contributed by atoms with E-state index in [9.17, 15) is 4.79 Å². The molecule has 0 atom stereocenters. The van der Waals surface area contributed by atoms with Crippen LogP contribution in [0.2, 0.25) is 0 Å². The number of hydrogen-bond donors (Lipinski definition) is 0. The second-order valence-electron chi connectivity index (χ2n) is 5.26. The summed E-state index contributed by atoms with van der Waals surface area (Å²) in [5.41, 5.74) is 0.298. The summed E-state index contributed by atoms with van der Waals surface area (Å²) < 4.78 is 0. The summed E-state index contributed by atoms with van der Waals surface area (Å²) in [5.74, 6) is -0.467. The maximum Gasteiger partial charge on any atom is 0.365 e. The van der Waals surface area contributed by atoms with Crippen molar-refractivity contribution in [3.8, 4) is 0 Å². The van der Waals surface area contributed by atoms with Crippen LogP contribution in [0.25, 0.3) is 0 Å². The Morgan fingerprint density at radius 3 is 2.55 bits per heavy atom. The van der Waals surface area contributed by atoms with Crippen LogP contribution in [0.4, 0.5) is 0 Å². The van der Waals surface area contributed by atoms with Crippen LogP contribution in [0.15, 0.2) is 42.5 Å². The zero-order valence-corrected chi connectivity index (χ0v) is 12.6. The van der Waals surface area contributed by atoms with E-state index in [1.807, 2.05) is 50.3 Å². The zero-order valence-electron chi connectivity index (χ0n) is 12.6. The zero-order chi connectivity index (χ0) is 14.8. The molecule has 0 saturated heterocycles. The summed E-state index contributed by atoms with van der Waals surface area (Å²) in [7, 11) is 0. The summed E-state index contributed by atoms with van der Waals surface area (Å²) in [6.07, 6.45) is 7.60. The second kappa shape index (κ2) is 8.54. The lowest BCUT2D eigenvalue weighted by Gasteiger charge is -2.22. The highest BCUT2D eigenvalue weighted by Gasteiger charge is 2.24. The van der Waals surface area contributed by atoms with Gasteiger partial charge in [0.15, 0.2) is 0 Å². The number of hydrogen-bond acceptors (Lipinski definition) is 3. The molecule has 0 bridgehead atoms. The molecule has 0 aliphatic heterocycles. The highest BCUT2D eigenvalue weighted by atomic mass is 17.2. The fraction of sp³-hybridized carbons (Fsp3) is 0.471. The van der Waals surface area contributed by atoms with Crippen LogP contribution in [0.5, 0.6) is 0 Å². The first kappa shape index (κ1) is 16.4. The smallest absolute Gasteiger partial charge is 0.293 e. The van der Waals surface area contributed by atoms with Gasteiger partial charge in [-0.25, -0.2) is 4.79 Å². The van der Waals surface area contributed by atoms with Gasteiger partial charge in [-0.15, -0.1) is 0 Å². The van der Waals surface area contributed by atoms with Crippen molar-refractivity contribution in [2.45, 2.75) is 52.1 Å². The molecule has 0 saturated carbocycles. The fourth-order valence-corrected chi connectivity index (χ4v) is 1.75. The first-order valence-corrected chi connectivity index (χ1v) is 7.18. The van der Waals surface area contributed by atoms with Crippen molar-refractivity contribution in [3.05, 3.63) is 48.0 Å². The van der Waals surface area contributed by atoms with Gasteiger partial charge in [0.2, 0.25) is 0 Å². The molecule has 1 aromatic carbocycles. The Morgan fingerprint density at radius 2 is 1.90 bits per heavy atom. The second-order valence-corrected chi connectivity index (χ2v) is 5.26. The molecule has 0 heterocycles. The van der Waals surface area contributed by atoms with Gasteiger partial charge in [-0.1, -0.05) is 56.2 Å². The number of carbonyl (C=O) groups is 1. The van der Waals surface area contributed by atoms with Gasteiger partial charge in [0.25, 0.3) is 0 Å². The summed E-state index contributed by atoms with van der Waals surface area (Å²) in [6, 6.07) is 9.67. The van der Waals surface area contributed by atoms with E-state index < -0.39 is 11.6 Å². The third kappa shape index (κ3) is 6.02. The van der Waals surface area contributed by atoms with E-state index in [1.165, 1.54) is 18.9 Å². The van der Waals surface area contributed by atoms with Gasteiger partial charge in [0.05, 0.1) is 0 Å². The topological polar surface area (TPSA) is 35.5 Å². The number of rotatable bonds is 8. The molecule has 3 nitrogen and oxygen atoms in total. The van der Waals surface area contributed by atoms with Crippen LogP contribution in [0, 0.1) is 0 Å². The average Bonchev–Trinajstić information content (AvgIpc) is 2.46. The van der Waals surface area contributed by atoms with Crippen LogP contribution < -0.4 is 0 Å². The van der Waals surface area contributed by atoms with Gasteiger partial charge < -0.3 is 0 Å². The molecule has 0 aromatic heterocycles. The molecule has 1 rings (SSSR count). The van der Waals surface area contributed by atoms with Gasteiger partial charge >= 0.3 is 5.97 Å². The lowest BCUT2D eigenvalue weighted by atomic mass is 9.99. The van der Waals surface area contributed by atoms with Crippen molar-refractivity contribution in [2.24, 2.45) is 0 Å². The van der Waals surface area contributed by atoms with E-state index in [0.29, 0.717) is 0 Å². The Bertz CT molecular complexity index is 421. The lowest BCUT2D eigenvalue weighted by Crippen LogP contribution is -2.23. The van der Waals surface area contributed by atoms with Gasteiger partial charge in [0.1, 0.15) is 5.60 Å². The van der Waals surface area contributed by atoms with Crippen LogP contribution in [0.3, 0.4) is 0 Å². The van der Waals surface area contributed by atoms with Gasteiger partial charge in [-0.2, -0.15) is 4.89 Å². The molecule has 0 N–H and O–H groups in total. The van der Waals surface area contributed by atoms with Crippen molar-refractivity contribution in [1.82, 2.24) is 0 Å². The Kier molecular flexibility index (Phi) is 7.02. The normalized spacial score (nSPS) is 11.8. The number of carbonyl (C=O) groups excluding carboxylic acids is 1. The molecule has 0 amide bonds. The Morgan fingerprint density at radius 1 is 1.20 bits per heavy atom. The minimum absolute atomic E-state index is 0.467. The number of benzene rings is 1. The summed E-state index contributed by atoms with van der Waals surface area (Å²) >= 11 is 0. The molecular formula is C17H24O3. The molecule has 0 radical (unpaired) electrons. The summed E-state index contributed by atoms with van der Waals surface area (Å²) in [4.78, 5) is 21.6. The summed E-state index contributed by atoms with van der Waals surface area (Å²) in [6.45, 7) is 5.87. The molecule has 0 unspecified atom stereocenters. The van der Waals surface area contributed by atoms with E-state index >= 15 is 0 Å². The molecule has 0 fully saturated rings. The van der Waals surface area contributed by atoms with E-state index in [2.05, 4.69) is 6.92 Å². The first-order valence-electron chi connectivity index (χ1n) is 7.18. The van der Waals surface area contributed by atoms with Crippen molar-refractivity contribution in [2.75, 3.05) is 0 Å². The Balaban J connectivity index is 2.36. The SMILES string of the molecule is CCCCCC=CC(=O)OOC(C)(C)c1ccccc1. The van der Waals surface area contributed by atoms with Crippen molar-refractivity contribution < 1.29 is 14.6 Å². The van der Waals surface area contributed by atoms with E-state index in [0.717, 1.165) is 18.4 Å². The minimum Gasteiger partial charge on any atom is -0.293 e. The highest BCUT2D eigenvalue weighted by Crippen LogP contribution is 2.24. The quantitative estimate of drug-likeness (QED) is 0.303. The predicted octanol–water partition coefficient (Wildman–Crippen LogP) is 4.53. The van der Waals surface area contributed by atoms with E-state index in [4.69, 9.17) is 9.78 Å².